The summed E-state index contributed by atoms with van der Waals surface area (Å²) in [6.45, 7) is 13.0. The highest BCUT2D eigenvalue weighted by Gasteiger charge is 2.30. The SMILES string of the molecule is CC(C)(C)c1cc(C2CC2)cc2c(N)cc(-c3nnc(NCCCC(F)(F)F)o3)nc12.CC(C)(C)c1cc(C2CC2)cc2c(N)cc(-c3nnc(Nc4cccc(S(N)(=O)=O)c4)o3)nc12. The Balaban J connectivity index is 0.000000178. The lowest BCUT2D eigenvalue weighted by molar-refractivity contribution is -0.134. The van der Waals surface area contributed by atoms with Crippen molar-refractivity contribution < 1.29 is 30.4 Å². The molecule has 2 aliphatic carbocycles. The molecule has 65 heavy (non-hydrogen) atoms. The molecule has 7 aromatic rings. The van der Waals surface area contributed by atoms with Crippen LogP contribution < -0.4 is 27.2 Å². The average Bonchev–Trinajstić information content (AvgIpc) is 4.16. The number of fused-ring (bicyclic) bond motifs is 2. The molecule has 2 aliphatic rings. The van der Waals surface area contributed by atoms with Gasteiger partial charge in [-0.15, -0.1) is 10.2 Å². The van der Waals surface area contributed by atoms with E-state index in [-0.39, 0.29) is 52.5 Å². The molecule has 0 radical (unpaired) electrons. The summed E-state index contributed by atoms with van der Waals surface area (Å²) in [5, 5.41) is 28.6. The Kier molecular flexibility index (Phi) is 11.8. The first kappa shape index (κ1) is 45.2. The Bertz CT molecular complexity index is 3020. The maximum Gasteiger partial charge on any atom is 0.389 e. The number of primary sulfonamides is 1. The number of alkyl halides is 3. The lowest BCUT2D eigenvalue weighted by Crippen LogP contribution is -2.13. The van der Waals surface area contributed by atoms with Crippen molar-refractivity contribution in [1.82, 2.24) is 30.4 Å². The van der Waals surface area contributed by atoms with Gasteiger partial charge in [0.15, 0.2) is 0 Å². The molecule has 9 rings (SSSR count). The van der Waals surface area contributed by atoms with Gasteiger partial charge in [-0.2, -0.15) is 13.2 Å². The molecule has 2 saturated carbocycles. The first-order valence-corrected chi connectivity index (χ1v) is 22.9. The number of anilines is 5. The van der Waals surface area contributed by atoms with Crippen LogP contribution in [-0.2, 0) is 20.9 Å². The maximum absolute atomic E-state index is 12.3. The number of hydrogen-bond donors (Lipinski definition) is 5. The fourth-order valence-electron chi connectivity index (χ4n) is 7.55. The molecular formula is C46H52F3N11O4S. The fourth-order valence-corrected chi connectivity index (χ4v) is 8.11. The molecular weight excluding hydrogens is 860 g/mol. The fraction of sp³-hybridized carbons (Fsp3) is 0.391. The smallest absolute Gasteiger partial charge is 0.389 e. The standard InChI is InChI=1S/C24H26N6O3S.C22H26F3N5O/c1-24(2,3)18-10-14(13-7-8-13)9-17-19(25)12-20(28-21(17)18)22-29-30-23(33-22)27-15-5-4-6-16(11-15)34(26,31)32;1-21(2,3)15-10-13(12-5-6-12)9-14-16(26)11-17(28-18(14)15)19-29-30-20(31-19)27-8-4-7-22(23,24)25/h4-6,9-13H,7-8H2,1-3H3,(H2,25,28)(H,27,30)(H2,26,31,32);9-12H,4-8H2,1-3H3,(H2,26,28)(H,27,30). The Hall–Kier alpha value is -6.34. The van der Waals surface area contributed by atoms with Gasteiger partial charge in [0.05, 0.1) is 15.9 Å². The second kappa shape index (κ2) is 16.9. The molecule has 8 N–H and O–H groups in total. The van der Waals surface area contributed by atoms with Crippen molar-refractivity contribution in [3.63, 3.8) is 0 Å². The molecule has 4 aromatic heterocycles. The van der Waals surface area contributed by atoms with Crippen LogP contribution in [0.3, 0.4) is 0 Å². The molecule has 342 valence electrons. The summed E-state index contributed by atoms with van der Waals surface area (Å²) in [6.07, 6.45) is -0.333. The highest BCUT2D eigenvalue weighted by Crippen LogP contribution is 2.46. The van der Waals surface area contributed by atoms with E-state index in [1.807, 2.05) is 0 Å². The van der Waals surface area contributed by atoms with Crippen LogP contribution >= 0.6 is 0 Å². The van der Waals surface area contributed by atoms with E-state index in [9.17, 15) is 21.6 Å². The van der Waals surface area contributed by atoms with Gasteiger partial charge in [-0.1, -0.05) is 69.9 Å². The van der Waals surface area contributed by atoms with E-state index in [1.165, 1.54) is 48.9 Å². The van der Waals surface area contributed by atoms with E-state index in [0.717, 1.165) is 32.9 Å². The van der Waals surface area contributed by atoms with Crippen LogP contribution in [-0.4, -0.2) is 51.5 Å². The van der Waals surface area contributed by atoms with Gasteiger partial charge >= 0.3 is 18.2 Å². The van der Waals surface area contributed by atoms with Crippen molar-refractivity contribution in [3.05, 3.63) is 82.9 Å². The first-order chi connectivity index (χ1) is 30.5. The van der Waals surface area contributed by atoms with Gasteiger partial charge in [-0.25, -0.2) is 23.5 Å². The summed E-state index contributed by atoms with van der Waals surface area (Å²) in [5.41, 5.74) is 21.6. The molecule has 2 fully saturated rings. The third-order valence-corrected chi connectivity index (χ3v) is 12.2. The lowest BCUT2D eigenvalue weighted by Gasteiger charge is -2.23. The normalized spacial score (nSPS) is 14.7. The van der Waals surface area contributed by atoms with Crippen molar-refractivity contribution in [2.24, 2.45) is 5.14 Å². The number of nitrogen functional groups attached to an aromatic ring is 2. The zero-order valence-corrected chi connectivity index (χ0v) is 37.8. The Labute approximate surface area is 374 Å². The van der Waals surface area contributed by atoms with Crippen molar-refractivity contribution in [3.8, 4) is 23.2 Å². The van der Waals surface area contributed by atoms with Gasteiger partial charge in [0.1, 0.15) is 11.4 Å². The molecule has 4 heterocycles. The topological polar surface area (TPSA) is 240 Å². The summed E-state index contributed by atoms with van der Waals surface area (Å²) in [5.74, 6) is 1.55. The monoisotopic (exact) mass is 911 g/mol. The van der Waals surface area contributed by atoms with E-state index in [1.54, 1.807) is 24.3 Å². The van der Waals surface area contributed by atoms with Gasteiger partial charge in [0, 0.05) is 40.8 Å². The number of benzene rings is 3. The second-order valence-corrected chi connectivity index (χ2v) is 20.4. The lowest BCUT2D eigenvalue weighted by atomic mass is 9.83. The number of sulfonamides is 1. The second-order valence-electron chi connectivity index (χ2n) is 18.8. The highest BCUT2D eigenvalue weighted by molar-refractivity contribution is 7.89. The number of nitrogens with zero attached hydrogens (tertiary/aromatic N) is 6. The van der Waals surface area contributed by atoms with E-state index < -0.39 is 22.6 Å². The number of aromatic nitrogens is 6. The van der Waals surface area contributed by atoms with E-state index in [2.05, 4.69) is 96.8 Å². The number of halogens is 3. The zero-order valence-electron chi connectivity index (χ0n) is 37.0. The summed E-state index contributed by atoms with van der Waals surface area (Å²) in [6, 6.07) is 18.3. The summed E-state index contributed by atoms with van der Waals surface area (Å²) in [7, 11) is -3.83. The average molecular weight is 912 g/mol. The number of hydrogen-bond acceptors (Lipinski definition) is 14. The van der Waals surface area contributed by atoms with Gasteiger partial charge in [0.2, 0.25) is 10.0 Å². The van der Waals surface area contributed by atoms with Gasteiger partial charge < -0.3 is 30.9 Å². The van der Waals surface area contributed by atoms with E-state index >= 15 is 0 Å². The molecule has 0 aliphatic heterocycles. The minimum atomic E-state index is -4.18. The van der Waals surface area contributed by atoms with Crippen LogP contribution in [0.2, 0.25) is 0 Å². The molecule has 3 aromatic carbocycles. The van der Waals surface area contributed by atoms with E-state index in [0.29, 0.717) is 40.3 Å². The predicted octanol–water partition coefficient (Wildman–Crippen LogP) is 10.2. The quantitative estimate of drug-likeness (QED) is 0.0759. The Morgan fingerprint density at radius 2 is 1.18 bits per heavy atom. The minimum Gasteiger partial charge on any atom is -0.402 e. The summed E-state index contributed by atoms with van der Waals surface area (Å²) in [4.78, 5) is 9.62. The van der Waals surface area contributed by atoms with Crippen LogP contribution in [0.5, 0.6) is 0 Å². The molecule has 0 atom stereocenters. The summed E-state index contributed by atoms with van der Waals surface area (Å²) >= 11 is 0. The number of pyridine rings is 2. The number of rotatable bonds is 11. The molecule has 19 heteroatoms. The van der Waals surface area contributed by atoms with Crippen molar-refractivity contribution in [2.45, 2.75) is 114 Å². The minimum absolute atomic E-state index is 0.0264. The Morgan fingerprint density at radius 1 is 0.692 bits per heavy atom. The third-order valence-electron chi connectivity index (χ3n) is 11.3. The van der Waals surface area contributed by atoms with Crippen LogP contribution in [0.15, 0.2) is 74.4 Å². The van der Waals surface area contributed by atoms with Crippen molar-refractivity contribution in [2.75, 3.05) is 28.6 Å². The van der Waals surface area contributed by atoms with Gasteiger partial charge in [0.25, 0.3) is 11.8 Å². The van der Waals surface area contributed by atoms with Crippen molar-refractivity contribution >= 4 is 60.9 Å². The predicted molar refractivity (Wildman–Crippen MR) is 245 cm³/mol. The van der Waals surface area contributed by atoms with Crippen LogP contribution in [0.1, 0.15) is 114 Å². The molecule has 15 nitrogen and oxygen atoms in total. The van der Waals surface area contributed by atoms with Crippen molar-refractivity contribution in [1.29, 1.82) is 0 Å². The summed E-state index contributed by atoms with van der Waals surface area (Å²) < 4.78 is 71.3. The number of nitrogens with one attached hydrogen (secondary N) is 2. The zero-order chi connectivity index (χ0) is 46.6. The largest absolute Gasteiger partial charge is 0.402 e. The maximum atomic E-state index is 12.3. The molecule has 0 unspecified atom stereocenters. The van der Waals surface area contributed by atoms with Crippen LogP contribution in [0, 0.1) is 0 Å². The third kappa shape index (κ3) is 10.6. The number of nitrogens with two attached hydrogens (primary N) is 3. The van der Waals surface area contributed by atoms with Gasteiger partial charge in [-0.05, 0) is 119 Å². The molecule has 0 saturated heterocycles. The van der Waals surface area contributed by atoms with E-state index in [4.69, 9.17) is 35.4 Å². The molecule has 0 amide bonds. The molecule has 0 spiro atoms. The Morgan fingerprint density at radius 3 is 1.65 bits per heavy atom. The van der Waals surface area contributed by atoms with Crippen LogP contribution in [0.4, 0.5) is 42.3 Å². The van der Waals surface area contributed by atoms with Gasteiger partial charge in [-0.3, -0.25) is 0 Å². The van der Waals surface area contributed by atoms with Crippen LogP contribution in [0.25, 0.3) is 45.0 Å². The highest BCUT2D eigenvalue weighted by atomic mass is 32.2. The molecule has 0 bridgehead atoms. The first-order valence-electron chi connectivity index (χ1n) is 21.4.